The van der Waals surface area contributed by atoms with Crippen LogP contribution >= 0.6 is 0 Å². The van der Waals surface area contributed by atoms with Gasteiger partial charge in [0.2, 0.25) is 5.91 Å². The number of rotatable bonds is 5. The van der Waals surface area contributed by atoms with Gasteiger partial charge in [-0.2, -0.15) is 0 Å². The molecule has 0 spiro atoms. The van der Waals surface area contributed by atoms with Crippen molar-refractivity contribution in [3.05, 3.63) is 71.5 Å². The summed E-state index contributed by atoms with van der Waals surface area (Å²) in [5.74, 6) is -0.441. The first kappa shape index (κ1) is 19.1. The number of carbonyl (C=O) groups excluding carboxylic acids is 1. The topological polar surface area (TPSA) is 62.4 Å². The van der Waals surface area contributed by atoms with Crippen LogP contribution in [-0.4, -0.2) is 32.2 Å². The van der Waals surface area contributed by atoms with Gasteiger partial charge in [-0.15, -0.1) is 0 Å². The molecule has 2 atom stereocenters. The van der Waals surface area contributed by atoms with E-state index in [2.05, 4.69) is 16.2 Å². The smallest absolute Gasteiger partial charge is 0.226 e. The fourth-order valence-corrected chi connectivity index (χ4v) is 4.25. The van der Waals surface area contributed by atoms with Crippen LogP contribution in [-0.2, 0) is 14.9 Å². The van der Waals surface area contributed by atoms with E-state index in [0.29, 0.717) is 26.3 Å². The maximum absolute atomic E-state index is 13.8. The molecule has 2 saturated heterocycles. The van der Waals surface area contributed by atoms with Crippen molar-refractivity contribution in [1.82, 2.24) is 16.2 Å². The van der Waals surface area contributed by atoms with Gasteiger partial charge in [0, 0.05) is 31.7 Å². The minimum absolute atomic E-state index is 0.00798. The summed E-state index contributed by atoms with van der Waals surface area (Å²) in [5.41, 5.74) is 8.04. The molecule has 2 unspecified atom stereocenters. The Morgan fingerprint density at radius 3 is 2.68 bits per heavy atom. The molecule has 6 heteroatoms. The zero-order valence-corrected chi connectivity index (χ0v) is 15.8. The van der Waals surface area contributed by atoms with Crippen LogP contribution in [0.3, 0.4) is 0 Å². The largest absolute Gasteiger partial charge is 0.381 e. The standard InChI is InChI=1S/C22H26FN3O2/c23-18-8-4-7-17(13-18)22(9-11-28-12-10-22)15-24-21(27)19-14-25-26-20(19)16-5-2-1-3-6-16/h1-8,13,19-20,25-26H,9-12,14-15H2,(H,24,27). The maximum Gasteiger partial charge on any atom is 0.226 e. The highest BCUT2D eigenvalue weighted by Gasteiger charge is 2.38. The second-order valence-corrected chi connectivity index (χ2v) is 7.64. The number of nitrogens with one attached hydrogen (secondary N) is 3. The first-order valence-electron chi connectivity index (χ1n) is 9.83. The molecule has 2 fully saturated rings. The van der Waals surface area contributed by atoms with Crippen molar-refractivity contribution >= 4 is 5.91 Å². The van der Waals surface area contributed by atoms with Crippen molar-refractivity contribution < 1.29 is 13.9 Å². The second-order valence-electron chi connectivity index (χ2n) is 7.64. The molecule has 0 saturated carbocycles. The molecule has 148 valence electrons. The lowest BCUT2D eigenvalue weighted by molar-refractivity contribution is -0.125. The Morgan fingerprint density at radius 1 is 1.14 bits per heavy atom. The monoisotopic (exact) mass is 383 g/mol. The van der Waals surface area contributed by atoms with Crippen LogP contribution in [0.1, 0.15) is 30.0 Å². The summed E-state index contributed by atoms with van der Waals surface area (Å²) in [4.78, 5) is 13.0. The number of hydrogen-bond acceptors (Lipinski definition) is 4. The number of carbonyl (C=O) groups is 1. The number of amides is 1. The number of ether oxygens (including phenoxy) is 1. The van der Waals surface area contributed by atoms with E-state index in [4.69, 9.17) is 4.74 Å². The average molecular weight is 383 g/mol. The third-order valence-corrected chi connectivity index (χ3v) is 5.97. The van der Waals surface area contributed by atoms with Gasteiger partial charge < -0.3 is 10.1 Å². The Morgan fingerprint density at radius 2 is 1.93 bits per heavy atom. The predicted octanol–water partition coefficient (Wildman–Crippen LogP) is 2.46. The zero-order chi connectivity index (χ0) is 19.4. The van der Waals surface area contributed by atoms with Crippen molar-refractivity contribution in [2.24, 2.45) is 5.92 Å². The van der Waals surface area contributed by atoms with Gasteiger partial charge in [-0.25, -0.2) is 9.82 Å². The molecule has 4 rings (SSSR count). The van der Waals surface area contributed by atoms with E-state index in [1.807, 2.05) is 36.4 Å². The van der Waals surface area contributed by atoms with Gasteiger partial charge in [-0.1, -0.05) is 42.5 Å². The normalized spacial score (nSPS) is 24.0. The molecule has 2 aliphatic heterocycles. The Balaban J connectivity index is 1.49. The van der Waals surface area contributed by atoms with Crippen molar-refractivity contribution in [2.45, 2.75) is 24.3 Å². The lowest BCUT2D eigenvalue weighted by Gasteiger charge is -2.38. The van der Waals surface area contributed by atoms with E-state index in [0.717, 1.165) is 24.0 Å². The Bertz CT molecular complexity index is 808. The molecule has 2 heterocycles. The van der Waals surface area contributed by atoms with Crippen LogP contribution < -0.4 is 16.2 Å². The lowest BCUT2D eigenvalue weighted by Crippen LogP contribution is -2.47. The van der Waals surface area contributed by atoms with Crippen molar-refractivity contribution in [3.63, 3.8) is 0 Å². The molecular weight excluding hydrogens is 357 g/mol. The van der Waals surface area contributed by atoms with Crippen LogP contribution in [0, 0.1) is 11.7 Å². The summed E-state index contributed by atoms with van der Waals surface area (Å²) >= 11 is 0. The molecule has 28 heavy (non-hydrogen) atoms. The number of hydrogen-bond donors (Lipinski definition) is 3. The number of halogens is 1. The minimum Gasteiger partial charge on any atom is -0.381 e. The van der Waals surface area contributed by atoms with Gasteiger partial charge in [0.05, 0.1) is 12.0 Å². The fourth-order valence-electron chi connectivity index (χ4n) is 4.25. The zero-order valence-electron chi connectivity index (χ0n) is 15.8. The SMILES string of the molecule is O=C(NCC1(c2cccc(F)c2)CCOCC1)C1CNNC1c1ccccc1. The second kappa shape index (κ2) is 8.39. The highest BCUT2D eigenvalue weighted by molar-refractivity contribution is 5.80. The van der Waals surface area contributed by atoms with Crippen molar-refractivity contribution in [3.8, 4) is 0 Å². The van der Waals surface area contributed by atoms with Gasteiger partial charge in [0.25, 0.3) is 0 Å². The maximum atomic E-state index is 13.8. The highest BCUT2D eigenvalue weighted by Crippen LogP contribution is 2.35. The molecule has 2 aromatic carbocycles. The molecule has 2 aliphatic rings. The molecule has 0 aromatic heterocycles. The van der Waals surface area contributed by atoms with Gasteiger partial charge >= 0.3 is 0 Å². The molecule has 3 N–H and O–H groups in total. The predicted molar refractivity (Wildman–Crippen MR) is 105 cm³/mol. The summed E-state index contributed by atoms with van der Waals surface area (Å²) in [5, 5.41) is 3.16. The van der Waals surface area contributed by atoms with Gasteiger partial charge in [-0.05, 0) is 36.1 Å². The first-order valence-corrected chi connectivity index (χ1v) is 9.83. The Labute approximate surface area is 164 Å². The van der Waals surface area contributed by atoms with E-state index < -0.39 is 0 Å². The third kappa shape index (κ3) is 3.94. The van der Waals surface area contributed by atoms with Gasteiger partial charge in [-0.3, -0.25) is 10.2 Å². The lowest BCUT2D eigenvalue weighted by atomic mass is 9.74. The molecule has 0 bridgehead atoms. The van der Waals surface area contributed by atoms with Crippen molar-refractivity contribution in [1.29, 1.82) is 0 Å². The summed E-state index contributed by atoms with van der Waals surface area (Å²) < 4.78 is 19.4. The quantitative estimate of drug-likeness (QED) is 0.742. The van der Waals surface area contributed by atoms with E-state index in [-0.39, 0.29) is 29.1 Å². The van der Waals surface area contributed by atoms with Gasteiger partial charge in [0.1, 0.15) is 5.82 Å². The van der Waals surface area contributed by atoms with Gasteiger partial charge in [0.15, 0.2) is 0 Å². The Hall–Kier alpha value is -2.28. The average Bonchev–Trinajstić information content (AvgIpc) is 3.23. The van der Waals surface area contributed by atoms with Crippen LogP contribution in [0.25, 0.3) is 0 Å². The summed E-state index contributed by atoms with van der Waals surface area (Å²) in [6.45, 7) is 2.29. The minimum atomic E-state index is -0.294. The molecule has 1 amide bonds. The molecule has 0 aliphatic carbocycles. The molecular formula is C22H26FN3O2. The number of benzene rings is 2. The van der Waals surface area contributed by atoms with E-state index in [9.17, 15) is 9.18 Å². The van der Waals surface area contributed by atoms with E-state index in [1.54, 1.807) is 12.1 Å². The Kier molecular flexibility index (Phi) is 5.71. The molecule has 2 aromatic rings. The summed E-state index contributed by atoms with van der Waals surface area (Å²) in [6.07, 6.45) is 1.53. The fraction of sp³-hybridized carbons (Fsp3) is 0.409. The third-order valence-electron chi connectivity index (χ3n) is 5.97. The first-order chi connectivity index (χ1) is 13.7. The van der Waals surface area contributed by atoms with Crippen LogP contribution in [0.5, 0.6) is 0 Å². The van der Waals surface area contributed by atoms with E-state index >= 15 is 0 Å². The number of hydrazine groups is 1. The van der Waals surface area contributed by atoms with Crippen LogP contribution in [0.4, 0.5) is 4.39 Å². The van der Waals surface area contributed by atoms with Crippen LogP contribution in [0.2, 0.25) is 0 Å². The highest BCUT2D eigenvalue weighted by atomic mass is 19.1. The van der Waals surface area contributed by atoms with E-state index in [1.165, 1.54) is 6.07 Å². The van der Waals surface area contributed by atoms with Crippen molar-refractivity contribution in [2.75, 3.05) is 26.3 Å². The van der Waals surface area contributed by atoms with Crippen LogP contribution in [0.15, 0.2) is 54.6 Å². The molecule has 5 nitrogen and oxygen atoms in total. The summed E-state index contributed by atoms with van der Waals surface area (Å²) in [7, 11) is 0. The molecule has 0 radical (unpaired) electrons. The summed E-state index contributed by atoms with van der Waals surface area (Å²) in [6, 6.07) is 16.6.